The van der Waals surface area contributed by atoms with Gasteiger partial charge in [0, 0.05) is 12.1 Å². The van der Waals surface area contributed by atoms with Crippen molar-refractivity contribution >= 4 is 17.4 Å². The second kappa shape index (κ2) is 6.00. The van der Waals surface area contributed by atoms with Gasteiger partial charge in [-0.3, -0.25) is 14.5 Å². The van der Waals surface area contributed by atoms with E-state index in [1.807, 2.05) is 32.0 Å². The van der Waals surface area contributed by atoms with E-state index in [9.17, 15) is 14.7 Å². The highest BCUT2D eigenvalue weighted by Crippen LogP contribution is 2.41. The molecule has 0 saturated carbocycles. The molecule has 1 aromatic heterocycles. The first-order chi connectivity index (χ1) is 11.5. The van der Waals surface area contributed by atoms with Gasteiger partial charge in [0.25, 0.3) is 5.91 Å². The van der Waals surface area contributed by atoms with Gasteiger partial charge < -0.3 is 9.52 Å². The minimum absolute atomic E-state index is 0.0932. The van der Waals surface area contributed by atoms with Gasteiger partial charge in [-0.15, -0.1) is 0 Å². The second-order valence-corrected chi connectivity index (χ2v) is 5.90. The van der Waals surface area contributed by atoms with Crippen LogP contribution >= 0.6 is 0 Å². The molecule has 0 aliphatic carbocycles. The molecule has 24 heavy (non-hydrogen) atoms. The fourth-order valence-electron chi connectivity index (χ4n) is 2.94. The van der Waals surface area contributed by atoms with Gasteiger partial charge in [0.2, 0.25) is 0 Å². The number of aliphatic hydroxyl groups excluding tert-OH is 1. The third kappa shape index (κ3) is 2.42. The summed E-state index contributed by atoms with van der Waals surface area (Å²) in [6.45, 7) is 5.63. The average molecular weight is 325 g/mol. The van der Waals surface area contributed by atoms with E-state index >= 15 is 0 Å². The second-order valence-electron chi connectivity index (χ2n) is 5.90. The first-order valence-electron chi connectivity index (χ1n) is 7.86. The number of aliphatic hydroxyl groups is 1. The molecular formula is C19H19NO4. The molecule has 124 valence electrons. The SMILES string of the molecule is CCC(=O)C1=C(O)C(=O)N(c2ccc(C)c(C)c2)C1c1ccco1. The van der Waals surface area contributed by atoms with Crippen LogP contribution in [0.15, 0.2) is 52.3 Å². The van der Waals surface area contributed by atoms with Gasteiger partial charge in [-0.05, 0) is 49.2 Å². The average Bonchev–Trinajstić information content (AvgIpc) is 3.17. The van der Waals surface area contributed by atoms with Crippen LogP contribution in [0.5, 0.6) is 0 Å². The van der Waals surface area contributed by atoms with E-state index in [1.165, 1.54) is 11.2 Å². The van der Waals surface area contributed by atoms with Crippen molar-refractivity contribution in [3.8, 4) is 0 Å². The van der Waals surface area contributed by atoms with Crippen LogP contribution in [0.3, 0.4) is 0 Å². The molecule has 1 unspecified atom stereocenters. The Morgan fingerprint density at radius 2 is 2.00 bits per heavy atom. The highest BCUT2D eigenvalue weighted by molar-refractivity contribution is 6.16. The maximum Gasteiger partial charge on any atom is 0.294 e. The van der Waals surface area contributed by atoms with Crippen LogP contribution in [-0.2, 0) is 9.59 Å². The zero-order valence-corrected chi connectivity index (χ0v) is 13.9. The standard InChI is InChI=1S/C19H19NO4/c1-4-14(21)16-17(15-6-5-9-24-15)20(19(23)18(16)22)13-8-7-11(2)12(3)10-13/h5-10,17,22H,4H2,1-3H3. The van der Waals surface area contributed by atoms with Crippen molar-refractivity contribution < 1.29 is 19.1 Å². The molecule has 1 atom stereocenters. The Labute approximate surface area is 140 Å². The number of Topliss-reactive ketones (excluding diaryl/α,β-unsaturated/α-hetero) is 1. The van der Waals surface area contributed by atoms with Gasteiger partial charge in [0.15, 0.2) is 11.5 Å². The zero-order chi connectivity index (χ0) is 17.4. The molecule has 2 aromatic rings. The topological polar surface area (TPSA) is 70.8 Å². The maximum atomic E-state index is 12.7. The molecule has 1 aliphatic heterocycles. The summed E-state index contributed by atoms with van der Waals surface area (Å²) in [7, 11) is 0. The van der Waals surface area contributed by atoms with Crippen LogP contribution in [0.2, 0.25) is 0 Å². The summed E-state index contributed by atoms with van der Waals surface area (Å²) >= 11 is 0. The smallest absolute Gasteiger partial charge is 0.294 e. The van der Waals surface area contributed by atoms with Crippen molar-refractivity contribution in [1.82, 2.24) is 0 Å². The molecule has 0 radical (unpaired) electrons. The fraction of sp³-hybridized carbons (Fsp3) is 0.263. The van der Waals surface area contributed by atoms with Crippen molar-refractivity contribution in [3.63, 3.8) is 0 Å². The zero-order valence-electron chi connectivity index (χ0n) is 13.9. The molecule has 0 bridgehead atoms. The number of rotatable bonds is 4. The lowest BCUT2D eigenvalue weighted by Gasteiger charge is -2.25. The molecular weight excluding hydrogens is 306 g/mol. The number of nitrogens with zero attached hydrogens (tertiary/aromatic N) is 1. The van der Waals surface area contributed by atoms with Crippen LogP contribution in [0.25, 0.3) is 0 Å². The van der Waals surface area contributed by atoms with E-state index in [4.69, 9.17) is 4.42 Å². The molecule has 0 spiro atoms. The molecule has 0 saturated heterocycles. The van der Waals surface area contributed by atoms with Crippen LogP contribution < -0.4 is 4.90 Å². The van der Waals surface area contributed by atoms with Crippen LogP contribution in [0.1, 0.15) is 36.3 Å². The van der Waals surface area contributed by atoms with E-state index in [0.29, 0.717) is 11.4 Å². The summed E-state index contributed by atoms with van der Waals surface area (Å²) in [5.41, 5.74) is 2.83. The molecule has 1 N–H and O–H groups in total. The van der Waals surface area contributed by atoms with Gasteiger partial charge >= 0.3 is 0 Å². The maximum absolute atomic E-state index is 12.7. The lowest BCUT2D eigenvalue weighted by molar-refractivity contribution is -0.118. The molecule has 2 heterocycles. The summed E-state index contributed by atoms with van der Waals surface area (Å²) in [5.74, 6) is -0.908. The Morgan fingerprint density at radius 3 is 2.58 bits per heavy atom. The molecule has 5 nitrogen and oxygen atoms in total. The Morgan fingerprint density at radius 1 is 1.25 bits per heavy atom. The summed E-state index contributed by atoms with van der Waals surface area (Å²) in [4.78, 5) is 26.4. The lowest BCUT2D eigenvalue weighted by atomic mass is 9.99. The van der Waals surface area contributed by atoms with E-state index < -0.39 is 17.7 Å². The number of furan rings is 1. The predicted octanol–water partition coefficient (Wildman–Crippen LogP) is 3.78. The Balaban J connectivity index is 2.16. The van der Waals surface area contributed by atoms with Crippen molar-refractivity contribution in [1.29, 1.82) is 0 Å². The number of aryl methyl sites for hydroxylation is 2. The van der Waals surface area contributed by atoms with Crippen LogP contribution in [-0.4, -0.2) is 16.8 Å². The number of carbonyl (C=O) groups excluding carboxylic acids is 2. The molecule has 3 rings (SSSR count). The highest BCUT2D eigenvalue weighted by atomic mass is 16.3. The third-order valence-electron chi connectivity index (χ3n) is 4.41. The van der Waals surface area contributed by atoms with Gasteiger partial charge in [-0.25, -0.2) is 0 Å². The fourth-order valence-corrected chi connectivity index (χ4v) is 2.94. The summed E-state index contributed by atoms with van der Waals surface area (Å²) in [5, 5.41) is 10.3. The summed E-state index contributed by atoms with van der Waals surface area (Å²) in [6, 6.07) is 8.24. The lowest BCUT2D eigenvalue weighted by Crippen LogP contribution is -2.30. The minimum Gasteiger partial charge on any atom is -0.503 e. The van der Waals surface area contributed by atoms with Crippen LogP contribution in [0, 0.1) is 13.8 Å². The number of anilines is 1. The predicted molar refractivity (Wildman–Crippen MR) is 89.8 cm³/mol. The van der Waals surface area contributed by atoms with Gasteiger partial charge in [0.1, 0.15) is 11.8 Å². The van der Waals surface area contributed by atoms with Gasteiger partial charge in [-0.2, -0.15) is 0 Å². The first-order valence-corrected chi connectivity index (χ1v) is 7.86. The monoisotopic (exact) mass is 325 g/mol. The van der Waals surface area contributed by atoms with Crippen LogP contribution in [0.4, 0.5) is 5.69 Å². The number of hydrogen-bond acceptors (Lipinski definition) is 4. The molecule has 5 heteroatoms. The number of amides is 1. The first kappa shape index (κ1) is 16.1. The highest BCUT2D eigenvalue weighted by Gasteiger charge is 2.45. The van der Waals surface area contributed by atoms with Crippen molar-refractivity contribution in [2.45, 2.75) is 33.2 Å². The van der Waals surface area contributed by atoms with Crippen molar-refractivity contribution in [2.24, 2.45) is 0 Å². The molecule has 1 amide bonds. The quantitative estimate of drug-likeness (QED) is 0.929. The summed E-state index contributed by atoms with van der Waals surface area (Å²) < 4.78 is 5.45. The third-order valence-corrected chi connectivity index (χ3v) is 4.41. The van der Waals surface area contributed by atoms with Gasteiger partial charge in [-0.1, -0.05) is 13.0 Å². The Hall–Kier alpha value is -2.82. The minimum atomic E-state index is -0.748. The molecule has 1 aliphatic rings. The Kier molecular flexibility index (Phi) is 4.01. The van der Waals surface area contributed by atoms with E-state index in [-0.39, 0.29) is 17.8 Å². The van der Waals surface area contributed by atoms with E-state index in [2.05, 4.69) is 0 Å². The number of carbonyl (C=O) groups is 2. The van der Waals surface area contributed by atoms with E-state index in [0.717, 1.165) is 11.1 Å². The molecule has 0 fully saturated rings. The summed E-state index contributed by atoms with van der Waals surface area (Å²) in [6.07, 6.45) is 1.69. The van der Waals surface area contributed by atoms with Crippen molar-refractivity contribution in [2.75, 3.05) is 4.90 Å². The van der Waals surface area contributed by atoms with Crippen molar-refractivity contribution in [3.05, 3.63) is 64.8 Å². The number of hydrogen-bond donors (Lipinski definition) is 1. The van der Waals surface area contributed by atoms with E-state index in [1.54, 1.807) is 19.1 Å². The number of ketones is 1. The normalized spacial score (nSPS) is 17.7. The largest absolute Gasteiger partial charge is 0.503 e. The molecule has 1 aromatic carbocycles. The van der Waals surface area contributed by atoms with Gasteiger partial charge in [0.05, 0.1) is 11.8 Å². The Bertz CT molecular complexity index is 833. The number of benzene rings is 1.